The molecule has 8 aromatic rings. The number of aromatic nitrogens is 5. The summed E-state index contributed by atoms with van der Waals surface area (Å²) in [7, 11) is 0. The molecule has 57 heavy (non-hydrogen) atoms. The fourth-order valence-corrected chi connectivity index (χ4v) is 6.75. The highest BCUT2D eigenvalue weighted by Gasteiger charge is 2.72. The van der Waals surface area contributed by atoms with Crippen molar-refractivity contribution in [3.05, 3.63) is 187 Å². The highest BCUT2D eigenvalue weighted by Crippen LogP contribution is 2.56. The lowest BCUT2D eigenvalue weighted by molar-refractivity contribution is -0.288. The molecule has 11 heteroatoms. The summed E-state index contributed by atoms with van der Waals surface area (Å²) in [6.07, 6.45) is -11.6. The highest BCUT2D eigenvalue weighted by atomic mass is 19.4. The molecule has 0 fully saturated rings. The van der Waals surface area contributed by atoms with E-state index in [1.54, 1.807) is 54.6 Å². The normalized spacial score (nSPS) is 12.0. The van der Waals surface area contributed by atoms with Gasteiger partial charge in [0, 0.05) is 33.4 Å². The van der Waals surface area contributed by atoms with Crippen LogP contribution < -0.4 is 0 Å². The monoisotopic (exact) mass is 765 g/mol. The van der Waals surface area contributed by atoms with Crippen molar-refractivity contribution in [1.29, 1.82) is 0 Å². The molecule has 8 rings (SSSR count). The van der Waals surface area contributed by atoms with Crippen LogP contribution in [0, 0.1) is 0 Å². The van der Waals surface area contributed by atoms with Gasteiger partial charge >= 0.3 is 12.4 Å². The van der Waals surface area contributed by atoms with Crippen LogP contribution in [0.1, 0.15) is 11.1 Å². The SMILES string of the molecule is FC(F)(F)C(c1ccc(-c2nc(-c3ccccc3)cc(-c3ccccc3)n2)cc1)(c1ccc(-c2nc(-c3ccccc3)nc(-c3ccccc3)n2)cc1)C(F)(F)F. The van der Waals surface area contributed by atoms with Crippen LogP contribution in [0.3, 0.4) is 0 Å². The number of benzene rings is 6. The van der Waals surface area contributed by atoms with Gasteiger partial charge < -0.3 is 0 Å². The van der Waals surface area contributed by atoms with Gasteiger partial charge in [-0.15, -0.1) is 0 Å². The van der Waals surface area contributed by atoms with E-state index in [-0.39, 0.29) is 34.4 Å². The lowest BCUT2D eigenvalue weighted by atomic mass is 9.72. The van der Waals surface area contributed by atoms with Crippen LogP contribution in [0.4, 0.5) is 26.3 Å². The number of alkyl halides is 6. The van der Waals surface area contributed by atoms with E-state index in [1.165, 1.54) is 24.3 Å². The van der Waals surface area contributed by atoms with Gasteiger partial charge in [0.15, 0.2) is 23.3 Å². The van der Waals surface area contributed by atoms with Crippen LogP contribution in [0.15, 0.2) is 176 Å². The topological polar surface area (TPSA) is 64.5 Å². The number of rotatable bonds is 8. The zero-order valence-electron chi connectivity index (χ0n) is 29.7. The number of halogens is 6. The third-order valence-electron chi connectivity index (χ3n) is 9.57. The lowest BCUT2D eigenvalue weighted by Gasteiger charge is -2.38. The molecule has 0 saturated carbocycles. The average molecular weight is 766 g/mol. The van der Waals surface area contributed by atoms with Gasteiger partial charge in [0.1, 0.15) is 0 Å². The van der Waals surface area contributed by atoms with Crippen molar-refractivity contribution in [2.75, 3.05) is 0 Å². The van der Waals surface area contributed by atoms with E-state index in [9.17, 15) is 0 Å². The highest BCUT2D eigenvalue weighted by molar-refractivity contribution is 5.72. The van der Waals surface area contributed by atoms with Crippen molar-refractivity contribution in [3.8, 4) is 68.1 Å². The summed E-state index contributed by atoms with van der Waals surface area (Å²) < 4.78 is 91.6. The van der Waals surface area contributed by atoms with E-state index in [1.807, 2.05) is 72.8 Å². The van der Waals surface area contributed by atoms with Crippen molar-refractivity contribution in [2.45, 2.75) is 17.8 Å². The van der Waals surface area contributed by atoms with Gasteiger partial charge in [-0.3, -0.25) is 0 Å². The summed E-state index contributed by atoms with van der Waals surface area (Å²) in [5.41, 5.74) is -2.08. The Morgan fingerprint density at radius 2 is 0.544 bits per heavy atom. The summed E-state index contributed by atoms with van der Waals surface area (Å²) in [4.78, 5) is 23.0. The average Bonchev–Trinajstić information content (AvgIpc) is 3.24. The molecule has 0 aliphatic carbocycles. The van der Waals surface area contributed by atoms with E-state index in [0.717, 1.165) is 35.4 Å². The van der Waals surface area contributed by atoms with Crippen molar-refractivity contribution in [3.63, 3.8) is 0 Å². The summed E-state index contributed by atoms with van der Waals surface area (Å²) in [6.45, 7) is 0. The number of hydrogen-bond donors (Lipinski definition) is 0. The van der Waals surface area contributed by atoms with E-state index in [0.29, 0.717) is 22.5 Å². The molecule has 0 radical (unpaired) electrons. The maximum Gasteiger partial charge on any atom is 0.411 e. The molecule has 0 spiro atoms. The summed E-state index contributed by atoms with van der Waals surface area (Å²) in [5, 5.41) is 0. The number of hydrogen-bond acceptors (Lipinski definition) is 5. The fraction of sp³-hybridized carbons (Fsp3) is 0.0652. The zero-order valence-corrected chi connectivity index (χ0v) is 29.7. The number of nitrogens with zero attached hydrogens (tertiary/aromatic N) is 5. The van der Waals surface area contributed by atoms with Crippen LogP contribution >= 0.6 is 0 Å². The van der Waals surface area contributed by atoms with Crippen LogP contribution in [0.25, 0.3) is 68.1 Å². The Kier molecular flexibility index (Phi) is 9.66. The van der Waals surface area contributed by atoms with Gasteiger partial charge in [-0.25, -0.2) is 24.9 Å². The molecule has 0 N–H and O–H groups in total. The maximum atomic E-state index is 15.3. The van der Waals surface area contributed by atoms with E-state index in [2.05, 4.69) is 24.9 Å². The first-order valence-electron chi connectivity index (χ1n) is 17.7. The Hall–Kier alpha value is -7.01. The minimum atomic E-state index is -5.80. The first-order valence-corrected chi connectivity index (χ1v) is 17.7. The molecule has 0 aliphatic rings. The first kappa shape index (κ1) is 36.9. The molecule has 0 unspecified atom stereocenters. The minimum Gasteiger partial charge on any atom is -0.228 e. The Balaban J connectivity index is 1.22. The smallest absolute Gasteiger partial charge is 0.228 e. The molecule has 0 bridgehead atoms. The van der Waals surface area contributed by atoms with Gasteiger partial charge in [0.2, 0.25) is 5.41 Å². The van der Waals surface area contributed by atoms with Crippen LogP contribution in [0.2, 0.25) is 0 Å². The van der Waals surface area contributed by atoms with Gasteiger partial charge in [-0.05, 0) is 17.2 Å². The Morgan fingerprint density at radius 1 is 0.281 bits per heavy atom. The predicted octanol–water partition coefficient (Wildman–Crippen LogP) is 12.1. The quantitative estimate of drug-likeness (QED) is 0.144. The lowest BCUT2D eigenvalue weighted by Crippen LogP contribution is -2.54. The molecule has 2 heterocycles. The third-order valence-corrected chi connectivity index (χ3v) is 9.57. The summed E-state index contributed by atoms with van der Waals surface area (Å²) >= 11 is 0. The minimum absolute atomic E-state index is 0.0795. The van der Waals surface area contributed by atoms with Crippen LogP contribution in [0.5, 0.6) is 0 Å². The van der Waals surface area contributed by atoms with Gasteiger partial charge in [0.25, 0.3) is 0 Å². The molecule has 5 nitrogen and oxygen atoms in total. The van der Waals surface area contributed by atoms with Crippen molar-refractivity contribution < 1.29 is 26.3 Å². The van der Waals surface area contributed by atoms with E-state index in [4.69, 9.17) is 0 Å². The Morgan fingerprint density at radius 3 is 0.842 bits per heavy atom. The van der Waals surface area contributed by atoms with Gasteiger partial charge in [0.05, 0.1) is 11.4 Å². The van der Waals surface area contributed by atoms with Crippen LogP contribution in [-0.4, -0.2) is 37.3 Å². The Bertz CT molecular complexity index is 2320. The molecule has 2 aromatic heterocycles. The largest absolute Gasteiger partial charge is 0.411 e. The molecule has 0 atom stereocenters. The van der Waals surface area contributed by atoms with Crippen molar-refractivity contribution in [1.82, 2.24) is 24.9 Å². The Labute approximate surface area is 323 Å². The second-order valence-corrected chi connectivity index (χ2v) is 13.1. The van der Waals surface area contributed by atoms with E-state index < -0.39 is 28.9 Å². The maximum absolute atomic E-state index is 15.3. The predicted molar refractivity (Wildman–Crippen MR) is 207 cm³/mol. The second kappa shape index (κ2) is 14.9. The molecule has 0 aliphatic heterocycles. The third kappa shape index (κ3) is 7.15. The molecule has 280 valence electrons. The standard InChI is InChI=1S/C46H29F6N5/c47-45(48,49)44(46(50,51)52,36-25-21-34(22-26-36)40-53-38(30-13-5-1-6-14-30)29-39(54-40)31-15-7-2-8-16-31)37-27-23-35(24-28-37)43-56-41(32-17-9-3-10-18-32)55-42(57-43)33-19-11-4-12-20-33/h1-29H. The summed E-state index contributed by atoms with van der Waals surface area (Å²) in [6, 6.07) is 46.3. The van der Waals surface area contributed by atoms with Gasteiger partial charge in [-0.2, -0.15) is 26.3 Å². The molecule has 0 amide bonds. The first-order chi connectivity index (χ1) is 27.5. The zero-order chi connectivity index (χ0) is 39.6. The van der Waals surface area contributed by atoms with Crippen molar-refractivity contribution >= 4 is 0 Å². The van der Waals surface area contributed by atoms with Gasteiger partial charge in [-0.1, -0.05) is 170 Å². The molecule has 0 saturated heterocycles. The molecule has 6 aromatic carbocycles. The van der Waals surface area contributed by atoms with Crippen molar-refractivity contribution in [2.24, 2.45) is 0 Å². The second-order valence-electron chi connectivity index (χ2n) is 13.1. The molecular weight excluding hydrogens is 737 g/mol. The van der Waals surface area contributed by atoms with Crippen LogP contribution in [-0.2, 0) is 5.41 Å². The van der Waals surface area contributed by atoms with E-state index >= 15 is 26.3 Å². The fourth-order valence-electron chi connectivity index (χ4n) is 6.75. The molecular formula is C46H29F6N5. The summed E-state index contributed by atoms with van der Waals surface area (Å²) in [5.74, 6) is 0.795.